The van der Waals surface area contributed by atoms with Gasteiger partial charge in [-0.15, -0.1) is 0 Å². The van der Waals surface area contributed by atoms with Crippen LogP contribution in [0.3, 0.4) is 0 Å². The highest BCUT2D eigenvalue weighted by Gasteiger charge is 2.18. The zero-order valence-corrected chi connectivity index (χ0v) is 17.5. The van der Waals surface area contributed by atoms with Gasteiger partial charge in [0.25, 0.3) is 5.56 Å². The van der Waals surface area contributed by atoms with Crippen molar-refractivity contribution in [3.05, 3.63) is 57.3 Å². The van der Waals surface area contributed by atoms with Crippen LogP contribution in [-0.4, -0.2) is 34.3 Å². The van der Waals surface area contributed by atoms with Crippen molar-refractivity contribution in [2.75, 3.05) is 19.0 Å². The van der Waals surface area contributed by atoms with Gasteiger partial charge in [-0.2, -0.15) is 0 Å². The number of aromatic nitrogens is 2. The molecule has 0 radical (unpaired) electrons. The standard InChI is InChI=1S/C21H19ClN2O4S/c1-12(2)24-20(26)15-5-4-14(22)10-16(15)23-21(24)29-11-17(25)13-3-6-18-19(9-13)28-8-7-27-18/h3-6,9-10,12H,7-8,11H2,1-2H3. The summed E-state index contributed by atoms with van der Waals surface area (Å²) in [5.41, 5.74) is 0.911. The first-order valence-corrected chi connectivity index (χ1v) is 10.6. The topological polar surface area (TPSA) is 70.4 Å². The van der Waals surface area contributed by atoms with Gasteiger partial charge in [-0.05, 0) is 50.2 Å². The molecule has 29 heavy (non-hydrogen) atoms. The Labute approximate surface area is 176 Å². The summed E-state index contributed by atoms with van der Waals surface area (Å²) in [4.78, 5) is 30.3. The molecule has 0 saturated heterocycles. The number of fused-ring (bicyclic) bond motifs is 2. The molecule has 3 aromatic rings. The fourth-order valence-electron chi connectivity index (χ4n) is 3.14. The number of carbonyl (C=O) groups is 1. The van der Waals surface area contributed by atoms with Crippen molar-refractivity contribution in [2.24, 2.45) is 0 Å². The quantitative estimate of drug-likeness (QED) is 0.340. The molecule has 0 aliphatic carbocycles. The lowest BCUT2D eigenvalue weighted by atomic mass is 10.1. The monoisotopic (exact) mass is 430 g/mol. The molecule has 150 valence electrons. The van der Waals surface area contributed by atoms with Gasteiger partial charge < -0.3 is 9.47 Å². The average Bonchev–Trinajstić information content (AvgIpc) is 2.71. The highest BCUT2D eigenvalue weighted by Crippen LogP contribution is 2.31. The zero-order chi connectivity index (χ0) is 20.5. The number of hydrogen-bond acceptors (Lipinski definition) is 6. The Morgan fingerprint density at radius 2 is 1.93 bits per heavy atom. The maximum absolute atomic E-state index is 12.9. The van der Waals surface area contributed by atoms with Crippen molar-refractivity contribution in [1.29, 1.82) is 0 Å². The van der Waals surface area contributed by atoms with Gasteiger partial charge in [0.1, 0.15) is 13.2 Å². The second kappa shape index (κ2) is 8.08. The molecule has 1 aromatic heterocycles. The third-order valence-electron chi connectivity index (χ3n) is 4.54. The molecule has 2 aromatic carbocycles. The second-order valence-electron chi connectivity index (χ2n) is 6.90. The number of ketones is 1. The van der Waals surface area contributed by atoms with E-state index >= 15 is 0 Å². The molecular formula is C21H19ClN2O4S. The van der Waals surface area contributed by atoms with E-state index < -0.39 is 0 Å². The van der Waals surface area contributed by atoms with Gasteiger partial charge in [-0.3, -0.25) is 14.2 Å². The van der Waals surface area contributed by atoms with E-state index in [2.05, 4.69) is 4.98 Å². The lowest BCUT2D eigenvalue weighted by Crippen LogP contribution is -2.25. The molecule has 4 rings (SSSR count). The molecule has 2 heterocycles. The van der Waals surface area contributed by atoms with Crippen molar-refractivity contribution in [3.63, 3.8) is 0 Å². The first-order chi connectivity index (χ1) is 13.9. The van der Waals surface area contributed by atoms with Crippen molar-refractivity contribution in [2.45, 2.75) is 25.0 Å². The highest BCUT2D eigenvalue weighted by atomic mass is 35.5. The molecule has 0 N–H and O–H groups in total. The highest BCUT2D eigenvalue weighted by molar-refractivity contribution is 7.99. The van der Waals surface area contributed by atoms with Crippen molar-refractivity contribution in [1.82, 2.24) is 9.55 Å². The summed E-state index contributed by atoms with van der Waals surface area (Å²) in [5.74, 6) is 1.28. The summed E-state index contributed by atoms with van der Waals surface area (Å²) in [5, 5.41) is 1.51. The predicted molar refractivity (Wildman–Crippen MR) is 114 cm³/mol. The molecular weight excluding hydrogens is 412 g/mol. The van der Waals surface area contributed by atoms with E-state index in [1.807, 2.05) is 13.8 Å². The van der Waals surface area contributed by atoms with E-state index in [1.54, 1.807) is 41.0 Å². The number of halogens is 1. The van der Waals surface area contributed by atoms with Crippen LogP contribution in [0.1, 0.15) is 30.2 Å². The van der Waals surface area contributed by atoms with Crippen LogP contribution in [0, 0.1) is 0 Å². The van der Waals surface area contributed by atoms with Crippen LogP contribution in [-0.2, 0) is 0 Å². The normalized spacial score (nSPS) is 13.1. The van der Waals surface area contributed by atoms with Crippen LogP contribution in [0.2, 0.25) is 5.02 Å². The number of thioether (sulfide) groups is 1. The number of ether oxygens (including phenoxy) is 2. The van der Waals surface area contributed by atoms with E-state index in [-0.39, 0.29) is 23.1 Å². The average molecular weight is 431 g/mol. The first kappa shape index (κ1) is 19.8. The van der Waals surface area contributed by atoms with Crippen LogP contribution in [0.25, 0.3) is 10.9 Å². The summed E-state index contributed by atoms with van der Waals surface area (Å²) >= 11 is 7.30. The van der Waals surface area contributed by atoms with Crippen molar-refractivity contribution in [3.8, 4) is 11.5 Å². The van der Waals surface area contributed by atoms with E-state index in [1.165, 1.54) is 11.8 Å². The van der Waals surface area contributed by atoms with Gasteiger partial charge in [0.15, 0.2) is 22.4 Å². The lowest BCUT2D eigenvalue weighted by Gasteiger charge is -2.18. The molecule has 0 unspecified atom stereocenters. The second-order valence-corrected chi connectivity index (χ2v) is 8.27. The third kappa shape index (κ3) is 3.97. The minimum Gasteiger partial charge on any atom is -0.486 e. The van der Waals surface area contributed by atoms with Crippen molar-refractivity contribution >= 4 is 40.0 Å². The van der Waals surface area contributed by atoms with Gasteiger partial charge in [0.2, 0.25) is 0 Å². The number of hydrogen-bond donors (Lipinski definition) is 0. The number of nitrogens with zero attached hydrogens (tertiary/aromatic N) is 2. The largest absolute Gasteiger partial charge is 0.486 e. The number of benzene rings is 2. The van der Waals surface area contributed by atoms with E-state index in [4.69, 9.17) is 21.1 Å². The lowest BCUT2D eigenvalue weighted by molar-refractivity contribution is 0.102. The third-order valence-corrected chi connectivity index (χ3v) is 5.73. The summed E-state index contributed by atoms with van der Waals surface area (Å²) in [7, 11) is 0. The van der Waals surface area contributed by atoms with Gasteiger partial charge in [0.05, 0.1) is 16.7 Å². The van der Waals surface area contributed by atoms with Crippen LogP contribution in [0.4, 0.5) is 0 Å². The molecule has 0 bridgehead atoms. The Kier molecular flexibility index (Phi) is 5.52. The summed E-state index contributed by atoms with van der Waals surface area (Å²) in [6.07, 6.45) is 0. The van der Waals surface area contributed by atoms with E-state index in [9.17, 15) is 9.59 Å². The predicted octanol–water partition coefficient (Wildman–Crippen LogP) is 4.38. The summed E-state index contributed by atoms with van der Waals surface area (Å²) < 4.78 is 12.7. The van der Waals surface area contributed by atoms with Crippen molar-refractivity contribution < 1.29 is 14.3 Å². The van der Waals surface area contributed by atoms with Gasteiger partial charge in [-0.1, -0.05) is 23.4 Å². The Morgan fingerprint density at radius 1 is 1.17 bits per heavy atom. The maximum Gasteiger partial charge on any atom is 0.262 e. The smallest absolute Gasteiger partial charge is 0.262 e. The maximum atomic E-state index is 12.9. The van der Waals surface area contributed by atoms with Gasteiger partial charge >= 0.3 is 0 Å². The van der Waals surface area contributed by atoms with Crippen LogP contribution >= 0.6 is 23.4 Å². The molecule has 0 amide bonds. The molecule has 0 atom stereocenters. The SMILES string of the molecule is CC(C)n1c(SCC(=O)c2ccc3c(c2)OCCO3)nc2cc(Cl)ccc2c1=O. The van der Waals surface area contributed by atoms with E-state index in [0.717, 1.165) is 0 Å². The van der Waals surface area contributed by atoms with Gasteiger partial charge in [-0.25, -0.2) is 4.98 Å². The molecule has 1 aliphatic rings. The molecule has 0 saturated carbocycles. The summed E-state index contributed by atoms with van der Waals surface area (Å²) in [6, 6.07) is 10.1. The van der Waals surface area contributed by atoms with Crippen LogP contribution < -0.4 is 15.0 Å². The van der Waals surface area contributed by atoms with E-state index in [0.29, 0.717) is 51.4 Å². The Morgan fingerprint density at radius 3 is 2.69 bits per heavy atom. The Balaban J connectivity index is 1.63. The number of carbonyl (C=O) groups excluding carboxylic acids is 1. The molecule has 0 spiro atoms. The van der Waals surface area contributed by atoms with Crippen LogP contribution in [0.15, 0.2) is 46.3 Å². The Hall–Kier alpha value is -2.51. The molecule has 6 nitrogen and oxygen atoms in total. The minimum atomic E-state index is -0.143. The minimum absolute atomic E-state index is 0.0808. The fraction of sp³-hybridized carbons (Fsp3) is 0.286. The fourth-order valence-corrected chi connectivity index (χ4v) is 4.33. The number of Topliss-reactive ketones (excluding diaryl/α,β-unsaturated/α-hetero) is 1. The van der Waals surface area contributed by atoms with Crippen LogP contribution in [0.5, 0.6) is 11.5 Å². The Bertz CT molecular complexity index is 1160. The molecule has 8 heteroatoms. The zero-order valence-electron chi connectivity index (χ0n) is 16.0. The van der Waals surface area contributed by atoms with Gasteiger partial charge in [0, 0.05) is 16.6 Å². The first-order valence-electron chi connectivity index (χ1n) is 9.21. The summed E-state index contributed by atoms with van der Waals surface area (Å²) in [6.45, 7) is 4.79. The molecule has 1 aliphatic heterocycles. The number of rotatable bonds is 5. The molecule has 0 fully saturated rings.